The Morgan fingerprint density at radius 3 is 2.66 bits per heavy atom. The van der Waals surface area contributed by atoms with Gasteiger partial charge in [0.25, 0.3) is 11.6 Å². The lowest BCUT2D eigenvalue weighted by Crippen LogP contribution is -2.35. The van der Waals surface area contributed by atoms with E-state index in [4.69, 9.17) is 4.42 Å². The molecule has 0 aliphatic carbocycles. The first kappa shape index (κ1) is 20.1. The quantitative estimate of drug-likeness (QED) is 0.447. The molecule has 0 aliphatic rings. The van der Waals surface area contributed by atoms with E-state index in [1.165, 1.54) is 0 Å². The molecule has 0 aliphatic heterocycles. The number of furan rings is 1. The number of aromatic nitrogens is 1. The molecule has 0 saturated heterocycles. The smallest absolute Gasteiger partial charge is 0.292 e. The molecule has 0 radical (unpaired) electrons. The largest absolute Gasteiger partial charge is 0.463 e. The van der Waals surface area contributed by atoms with Crippen LogP contribution in [0.3, 0.4) is 0 Å². The fourth-order valence-electron chi connectivity index (χ4n) is 2.97. The van der Waals surface area contributed by atoms with Gasteiger partial charge >= 0.3 is 0 Å². The van der Waals surface area contributed by atoms with Crippen LogP contribution in [0.15, 0.2) is 59.3 Å². The van der Waals surface area contributed by atoms with Crippen LogP contribution in [0.1, 0.15) is 15.9 Å². The number of hydrogen-bond acceptors (Lipinski definition) is 6. The summed E-state index contributed by atoms with van der Waals surface area (Å²) < 4.78 is 5.33. The van der Waals surface area contributed by atoms with Crippen LogP contribution in [-0.4, -0.2) is 47.9 Å². The summed E-state index contributed by atoms with van der Waals surface area (Å²) in [6.45, 7) is 2.66. The van der Waals surface area contributed by atoms with Gasteiger partial charge in [0.15, 0.2) is 5.76 Å². The van der Waals surface area contributed by atoms with E-state index < -0.39 is 0 Å². The maximum atomic E-state index is 12.8. The molecule has 0 fully saturated rings. The van der Waals surface area contributed by atoms with Gasteiger partial charge in [-0.05, 0) is 42.8 Å². The van der Waals surface area contributed by atoms with Gasteiger partial charge in [0.05, 0.1) is 11.2 Å². The van der Waals surface area contributed by atoms with Crippen molar-refractivity contribution in [1.82, 2.24) is 9.88 Å². The predicted octanol–water partition coefficient (Wildman–Crippen LogP) is 3.77. The Labute approximate surface area is 168 Å². The van der Waals surface area contributed by atoms with E-state index >= 15 is 0 Å². The second-order valence-electron chi connectivity index (χ2n) is 6.80. The lowest BCUT2D eigenvalue weighted by molar-refractivity contribution is -0.384. The average molecular weight is 394 g/mol. The third-order valence-electron chi connectivity index (χ3n) is 4.64. The molecule has 8 heteroatoms. The van der Waals surface area contributed by atoms with Crippen molar-refractivity contribution in [3.63, 3.8) is 0 Å². The zero-order valence-corrected chi connectivity index (χ0v) is 16.5. The third kappa shape index (κ3) is 4.60. The zero-order valence-electron chi connectivity index (χ0n) is 16.5. The molecule has 0 saturated carbocycles. The fraction of sp³-hybridized carbons (Fsp3) is 0.238. The normalized spacial score (nSPS) is 10.6. The molecule has 0 bridgehead atoms. The Morgan fingerprint density at radius 2 is 1.97 bits per heavy atom. The van der Waals surface area contributed by atoms with Crippen LogP contribution in [0.2, 0.25) is 0 Å². The second kappa shape index (κ2) is 8.55. The van der Waals surface area contributed by atoms with Gasteiger partial charge in [0, 0.05) is 45.0 Å². The first-order valence-corrected chi connectivity index (χ1v) is 9.08. The number of likely N-dealkylation sites (N-methyl/N-ethyl adjacent to an activating group) is 2. The van der Waals surface area contributed by atoms with E-state index in [-0.39, 0.29) is 16.5 Å². The zero-order chi connectivity index (χ0) is 21.0. The molecular weight excluding hydrogens is 372 g/mol. The molecule has 1 aromatic carbocycles. The number of nitro benzene ring substituents is 1. The maximum absolute atomic E-state index is 12.8. The minimum Gasteiger partial charge on any atom is -0.463 e. The summed E-state index contributed by atoms with van der Waals surface area (Å²) in [6, 6.07) is 12.0. The summed E-state index contributed by atoms with van der Waals surface area (Å²) in [4.78, 5) is 31.3. The number of amides is 1. The van der Waals surface area contributed by atoms with Crippen molar-refractivity contribution >= 4 is 17.3 Å². The fourth-order valence-corrected chi connectivity index (χ4v) is 2.97. The van der Waals surface area contributed by atoms with Gasteiger partial charge in [-0.15, -0.1) is 0 Å². The highest BCUT2D eigenvalue weighted by molar-refractivity contribution is 5.94. The lowest BCUT2D eigenvalue weighted by Gasteiger charge is -2.24. The minimum absolute atomic E-state index is 0.0544. The van der Waals surface area contributed by atoms with Gasteiger partial charge in [-0.2, -0.15) is 0 Å². The first-order chi connectivity index (χ1) is 13.9. The van der Waals surface area contributed by atoms with Crippen molar-refractivity contribution < 1.29 is 14.1 Å². The summed E-state index contributed by atoms with van der Waals surface area (Å²) >= 11 is 0. The molecule has 2 aromatic heterocycles. The van der Waals surface area contributed by atoms with E-state index in [0.717, 1.165) is 5.56 Å². The predicted molar refractivity (Wildman–Crippen MR) is 110 cm³/mol. The Hall–Kier alpha value is -3.68. The second-order valence-corrected chi connectivity index (χ2v) is 6.80. The molecule has 0 N–H and O–H groups in total. The monoisotopic (exact) mass is 394 g/mol. The van der Waals surface area contributed by atoms with Gasteiger partial charge in [0.2, 0.25) is 0 Å². The summed E-state index contributed by atoms with van der Waals surface area (Å²) in [7, 11) is 3.48. The van der Waals surface area contributed by atoms with E-state index in [0.29, 0.717) is 35.8 Å². The van der Waals surface area contributed by atoms with Crippen LogP contribution in [0.5, 0.6) is 0 Å². The maximum Gasteiger partial charge on any atom is 0.292 e. The van der Waals surface area contributed by atoms with Crippen LogP contribution in [0.4, 0.5) is 11.4 Å². The van der Waals surface area contributed by atoms with Crippen molar-refractivity contribution in [2.24, 2.45) is 0 Å². The van der Waals surface area contributed by atoms with Crippen molar-refractivity contribution in [2.45, 2.75) is 6.92 Å². The molecule has 1 amide bonds. The number of pyridine rings is 1. The van der Waals surface area contributed by atoms with Crippen molar-refractivity contribution in [3.05, 3.63) is 76.2 Å². The van der Waals surface area contributed by atoms with Crippen molar-refractivity contribution in [2.75, 3.05) is 32.1 Å². The Balaban J connectivity index is 1.68. The average Bonchev–Trinajstić information content (AvgIpc) is 3.26. The summed E-state index contributed by atoms with van der Waals surface area (Å²) in [6.07, 6.45) is 3.12. The number of benzene rings is 1. The molecule has 3 rings (SSSR count). The van der Waals surface area contributed by atoms with Gasteiger partial charge < -0.3 is 14.2 Å². The SMILES string of the molecule is Cc1ccc(N(C)CCN(C)C(=O)c2ccnc(-c3ccco3)c2)c([N+](=O)[O-])c1. The van der Waals surface area contributed by atoms with Gasteiger partial charge in [-0.25, -0.2) is 0 Å². The van der Waals surface area contributed by atoms with Gasteiger partial charge in [-0.3, -0.25) is 19.9 Å². The number of anilines is 1. The molecule has 2 heterocycles. The molecular formula is C21H22N4O4. The molecule has 8 nitrogen and oxygen atoms in total. The minimum atomic E-state index is -0.388. The molecule has 0 unspecified atom stereocenters. The number of nitrogens with zero attached hydrogens (tertiary/aromatic N) is 4. The molecule has 150 valence electrons. The summed E-state index contributed by atoms with van der Waals surface area (Å²) in [5.74, 6) is 0.431. The van der Waals surface area contributed by atoms with Crippen LogP contribution in [0.25, 0.3) is 11.5 Å². The lowest BCUT2D eigenvalue weighted by atomic mass is 10.1. The van der Waals surface area contributed by atoms with Crippen LogP contribution >= 0.6 is 0 Å². The van der Waals surface area contributed by atoms with E-state index in [1.54, 1.807) is 72.8 Å². The van der Waals surface area contributed by atoms with E-state index in [9.17, 15) is 14.9 Å². The third-order valence-corrected chi connectivity index (χ3v) is 4.64. The Bertz CT molecular complexity index is 1020. The number of nitro groups is 1. The number of aryl methyl sites for hydroxylation is 1. The van der Waals surface area contributed by atoms with Crippen molar-refractivity contribution in [1.29, 1.82) is 0 Å². The van der Waals surface area contributed by atoms with E-state index in [1.807, 2.05) is 13.0 Å². The molecule has 0 spiro atoms. The molecule has 3 aromatic rings. The van der Waals surface area contributed by atoms with E-state index in [2.05, 4.69) is 4.98 Å². The summed E-state index contributed by atoms with van der Waals surface area (Å²) in [5.41, 5.74) is 2.48. The standard InChI is InChI=1S/C21H22N4O4/c1-15-6-7-18(19(13-15)25(27)28)23(2)10-11-24(3)21(26)16-8-9-22-17(14-16)20-5-4-12-29-20/h4-9,12-14H,10-11H2,1-3H3. The van der Waals surface area contributed by atoms with Crippen LogP contribution < -0.4 is 4.90 Å². The summed E-state index contributed by atoms with van der Waals surface area (Å²) in [5, 5.41) is 11.3. The highest BCUT2D eigenvalue weighted by Crippen LogP contribution is 2.28. The Kier molecular flexibility index (Phi) is 5.92. The van der Waals surface area contributed by atoms with Crippen LogP contribution in [0, 0.1) is 17.0 Å². The first-order valence-electron chi connectivity index (χ1n) is 9.08. The van der Waals surface area contributed by atoms with Gasteiger partial charge in [-0.1, -0.05) is 6.07 Å². The number of hydrogen-bond donors (Lipinski definition) is 0. The molecule has 0 atom stereocenters. The Morgan fingerprint density at radius 1 is 1.17 bits per heavy atom. The number of carbonyl (C=O) groups excluding carboxylic acids is 1. The number of rotatable bonds is 7. The molecule has 29 heavy (non-hydrogen) atoms. The highest BCUT2D eigenvalue weighted by atomic mass is 16.6. The highest BCUT2D eigenvalue weighted by Gasteiger charge is 2.19. The topological polar surface area (TPSA) is 92.7 Å². The number of carbonyl (C=O) groups is 1. The van der Waals surface area contributed by atoms with Gasteiger partial charge in [0.1, 0.15) is 11.4 Å². The van der Waals surface area contributed by atoms with Crippen LogP contribution in [-0.2, 0) is 0 Å². The van der Waals surface area contributed by atoms with Crippen molar-refractivity contribution in [3.8, 4) is 11.5 Å².